The fourth-order valence-corrected chi connectivity index (χ4v) is 2.79. The molecule has 0 unspecified atom stereocenters. The molecule has 130 valence electrons. The van der Waals surface area contributed by atoms with Crippen molar-refractivity contribution in [2.24, 2.45) is 5.10 Å². The van der Waals surface area contributed by atoms with Crippen LogP contribution in [-0.2, 0) is 0 Å². The highest BCUT2D eigenvalue weighted by Gasteiger charge is 2.10. The van der Waals surface area contributed by atoms with Crippen LogP contribution in [0, 0.1) is 20.2 Å². The topological polar surface area (TPSA) is 124 Å². The second-order valence-corrected chi connectivity index (χ2v) is 5.93. The molecule has 3 aromatic rings. The molecule has 1 aromatic heterocycles. The molecule has 1 N–H and O–H groups in total. The van der Waals surface area contributed by atoms with E-state index < -0.39 is 9.85 Å². The molecule has 1 heterocycles. The Balaban J connectivity index is 1.71. The van der Waals surface area contributed by atoms with E-state index in [4.69, 9.17) is 0 Å². The van der Waals surface area contributed by atoms with Crippen molar-refractivity contribution in [1.82, 2.24) is 4.98 Å². The molecule has 26 heavy (non-hydrogen) atoms. The van der Waals surface area contributed by atoms with Crippen LogP contribution in [-0.4, -0.2) is 21.0 Å². The molecular formula is C16H11N5O4S. The normalized spacial score (nSPS) is 10.8. The third-order valence-corrected chi connectivity index (χ3v) is 4.06. The van der Waals surface area contributed by atoms with Crippen LogP contribution in [0.4, 0.5) is 16.5 Å². The Morgan fingerprint density at radius 3 is 2.46 bits per heavy atom. The molecule has 0 radical (unpaired) electrons. The van der Waals surface area contributed by atoms with E-state index in [1.807, 2.05) is 0 Å². The maximum absolute atomic E-state index is 10.8. The average molecular weight is 369 g/mol. The first kappa shape index (κ1) is 17.2. The number of hydrogen-bond donors (Lipinski definition) is 1. The number of rotatable bonds is 6. The van der Waals surface area contributed by atoms with Crippen LogP contribution in [0.2, 0.25) is 0 Å². The highest BCUT2D eigenvalue weighted by Crippen LogP contribution is 2.27. The third-order valence-electron chi connectivity index (χ3n) is 3.31. The molecular weight excluding hydrogens is 358 g/mol. The highest BCUT2D eigenvalue weighted by molar-refractivity contribution is 7.14. The summed E-state index contributed by atoms with van der Waals surface area (Å²) in [6.07, 6.45) is 1.45. The van der Waals surface area contributed by atoms with Gasteiger partial charge in [-0.15, -0.1) is 11.3 Å². The lowest BCUT2D eigenvalue weighted by Crippen LogP contribution is -1.92. The van der Waals surface area contributed by atoms with Crippen molar-refractivity contribution in [3.63, 3.8) is 0 Å². The summed E-state index contributed by atoms with van der Waals surface area (Å²) >= 11 is 1.29. The van der Waals surface area contributed by atoms with Crippen LogP contribution in [0.5, 0.6) is 0 Å². The van der Waals surface area contributed by atoms with Crippen molar-refractivity contribution >= 4 is 34.1 Å². The van der Waals surface area contributed by atoms with E-state index in [2.05, 4.69) is 15.5 Å². The molecule has 10 heteroatoms. The van der Waals surface area contributed by atoms with Gasteiger partial charge in [0.2, 0.25) is 5.13 Å². The van der Waals surface area contributed by atoms with Gasteiger partial charge in [-0.2, -0.15) is 5.10 Å². The number of non-ortho nitro benzene ring substituents is 2. The summed E-state index contributed by atoms with van der Waals surface area (Å²) in [5.41, 5.74) is 4.51. The Kier molecular flexibility index (Phi) is 4.94. The monoisotopic (exact) mass is 369 g/mol. The largest absolute Gasteiger partial charge is 0.270 e. The minimum Gasteiger partial charge on any atom is -0.258 e. The van der Waals surface area contributed by atoms with E-state index in [-0.39, 0.29) is 11.4 Å². The fourth-order valence-electron chi connectivity index (χ4n) is 2.12. The van der Waals surface area contributed by atoms with Gasteiger partial charge < -0.3 is 0 Å². The van der Waals surface area contributed by atoms with Crippen molar-refractivity contribution in [3.8, 4) is 11.3 Å². The number of hydrogen-bond acceptors (Lipinski definition) is 8. The Hall–Kier alpha value is -3.66. The Labute approximate surface area is 150 Å². The smallest absolute Gasteiger partial charge is 0.258 e. The number of anilines is 1. The Bertz CT molecular complexity index is 1000. The zero-order valence-corrected chi connectivity index (χ0v) is 13.9. The minimum atomic E-state index is -0.475. The first-order valence-corrected chi connectivity index (χ1v) is 8.15. The van der Waals surface area contributed by atoms with E-state index in [0.717, 1.165) is 0 Å². The fraction of sp³-hybridized carbons (Fsp3) is 0. The SMILES string of the molecule is O=[N+]([O-])c1cccc(/C=N/Nc2nc(-c3cccc([N+](=O)[O-])c3)cs2)c1. The van der Waals surface area contributed by atoms with Gasteiger partial charge in [0, 0.05) is 40.8 Å². The van der Waals surface area contributed by atoms with Gasteiger partial charge in [-0.25, -0.2) is 4.98 Å². The molecule has 2 aromatic carbocycles. The molecule has 0 spiro atoms. The van der Waals surface area contributed by atoms with Crippen molar-refractivity contribution < 1.29 is 9.85 Å². The van der Waals surface area contributed by atoms with Crippen LogP contribution >= 0.6 is 11.3 Å². The number of aromatic nitrogens is 1. The minimum absolute atomic E-state index is 0.00583. The second kappa shape index (κ2) is 7.49. The number of nitrogens with zero attached hydrogens (tertiary/aromatic N) is 4. The standard InChI is InChI=1S/C16H11N5O4S/c22-20(23)13-5-1-3-11(7-13)9-17-19-16-18-15(10-26-16)12-4-2-6-14(8-12)21(24)25/h1-10H,(H,18,19)/b17-9+. The van der Waals surface area contributed by atoms with Gasteiger partial charge in [0.15, 0.2) is 0 Å². The number of nitro benzene ring substituents is 2. The molecule has 0 aliphatic carbocycles. The first-order valence-electron chi connectivity index (χ1n) is 7.27. The summed E-state index contributed by atoms with van der Waals surface area (Å²) in [6.45, 7) is 0. The van der Waals surface area contributed by atoms with Crippen molar-refractivity contribution in [2.45, 2.75) is 0 Å². The molecule has 0 amide bonds. The van der Waals surface area contributed by atoms with Crippen molar-refractivity contribution in [1.29, 1.82) is 0 Å². The summed E-state index contributed by atoms with van der Waals surface area (Å²) in [6, 6.07) is 12.3. The van der Waals surface area contributed by atoms with E-state index in [9.17, 15) is 20.2 Å². The van der Waals surface area contributed by atoms with Gasteiger partial charge in [0.1, 0.15) is 0 Å². The molecule has 0 atom stereocenters. The zero-order chi connectivity index (χ0) is 18.5. The Morgan fingerprint density at radius 2 is 1.73 bits per heavy atom. The number of benzene rings is 2. The summed E-state index contributed by atoms with van der Waals surface area (Å²) in [5, 5.41) is 27.8. The zero-order valence-electron chi connectivity index (χ0n) is 13.1. The molecule has 0 fully saturated rings. The lowest BCUT2D eigenvalue weighted by molar-refractivity contribution is -0.385. The maximum atomic E-state index is 10.8. The summed E-state index contributed by atoms with van der Waals surface area (Å²) in [7, 11) is 0. The number of nitrogens with one attached hydrogen (secondary N) is 1. The Morgan fingerprint density at radius 1 is 1.04 bits per heavy atom. The quantitative estimate of drug-likeness (QED) is 0.397. The molecule has 3 rings (SSSR count). The maximum Gasteiger partial charge on any atom is 0.270 e. The van der Waals surface area contributed by atoms with Gasteiger partial charge >= 0.3 is 0 Å². The number of thiazole rings is 1. The number of hydrazone groups is 1. The molecule has 9 nitrogen and oxygen atoms in total. The summed E-state index contributed by atoms with van der Waals surface area (Å²) < 4.78 is 0. The summed E-state index contributed by atoms with van der Waals surface area (Å²) in [4.78, 5) is 25.0. The van der Waals surface area contributed by atoms with Crippen LogP contribution in [0.3, 0.4) is 0 Å². The summed E-state index contributed by atoms with van der Waals surface area (Å²) in [5.74, 6) is 0. The molecule has 0 saturated heterocycles. The predicted octanol–water partition coefficient (Wildman–Crippen LogP) is 4.07. The van der Waals surface area contributed by atoms with Crippen LogP contribution in [0.15, 0.2) is 59.0 Å². The van der Waals surface area contributed by atoms with E-state index >= 15 is 0 Å². The highest BCUT2D eigenvalue weighted by atomic mass is 32.1. The van der Waals surface area contributed by atoms with E-state index in [1.165, 1.54) is 41.8 Å². The van der Waals surface area contributed by atoms with Gasteiger partial charge in [-0.05, 0) is 0 Å². The lowest BCUT2D eigenvalue weighted by Gasteiger charge is -1.97. The van der Waals surface area contributed by atoms with Crippen molar-refractivity contribution in [3.05, 3.63) is 79.7 Å². The average Bonchev–Trinajstić information content (AvgIpc) is 3.11. The van der Waals surface area contributed by atoms with Crippen LogP contribution in [0.1, 0.15) is 5.56 Å². The molecule has 0 bridgehead atoms. The molecule has 0 aliphatic rings. The lowest BCUT2D eigenvalue weighted by atomic mass is 10.1. The van der Waals surface area contributed by atoms with Gasteiger partial charge in [-0.1, -0.05) is 24.3 Å². The van der Waals surface area contributed by atoms with Gasteiger partial charge in [0.05, 0.1) is 21.8 Å². The molecule has 0 aliphatic heterocycles. The van der Waals surface area contributed by atoms with Gasteiger partial charge in [0.25, 0.3) is 11.4 Å². The van der Waals surface area contributed by atoms with Gasteiger partial charge in [-0.3, -0.25) is 25.7 Å². The van der Waals surface area contributed by atoms with Crippen LogP contribution in [0.25, 0.3) is 11.3 Å². The third kappa shape index (κ3) is 4.05. The van der Waals surface area contributed by atoms with Crippen molar-refractivity contribution in [2.75, 3.05) is 5.43 Å². The number of nitro groups is 2. The predicted molar refractivity (Wildman–Crippen MR) is 98.5 cm³/mol. The molecule has 0 saturated carbocycles. The van der Waals surface area contributed by atoms with Crippen LogP contribution < -0.4 is 5.43 Å². The second-order valence-electron chi connectivity index (χ2n) is 5.07. The van der Waals surface area contributed by atoms with E-state index in [1.54, 1.807) is 29.6 Å². The first-order chi connectivity index (χ1) is 12.5. The van der Waals surface area contributed by atoms with E-state index in [0.29, 0.717) is 22.0 Å².